The van der Waals surface area contributed by atoms with Gasteiger partial charge in [0, 0.05) is 11.0 Å². The van der Waals surface area contributed by atoms with Crippen molar-refractivity contribution in [2.75, 3.05) is 0 Å². The molecule has 1 aromatic carbocycles. The molecule has 0 radical (unpaired) electrons. The van der Waals surface area contributed by atoms with Crippen molar-refractivity contribution in [3.63, 3.8) is 0 Å². The van der Waals surface area contributed by atoms with E-state index in [0.29, 0.717) is 19.4 Å². The molecule has 1 fully saturated rings. The Bertz CT molecular complexity index is 483. The third kappa shape index (κ3) is 2.27. The summed E-state index contributed by atoms with van der Waals surface area (Å²) in [7, 11) is 0. The molecule has 0 heterocycles. The first kappa shape index (κ1) is 13.1. The number of nitrogens with one attached hydrogen (secondary N) is 1. The van der Waals surface area contributed by atoms with E-state index in [1.807, 2.05) is 24.3 Å². The molecule has 0 saturated heterocycles. The Morgan fingerprint density at radius 1 is 1.33 bits per heavy atom. The number of carboxylic acids is 1. The summed E-state index contributed by atoms with van der Waals surface area (Å²) in [6.45, 7) is 0.343. The molecule has 2 rings (SSSR count). The predicted molar refractivity (Wildman–Crippen MR) is 69.9 cm³/mol. The van der Waals surface area contributed by atoms with Crippen molar-refractivity contribution in [2.45, 2.75) is 25.8 Å². The van der Waals surface area contributed by atoms with E-state index in [2.05, 4.69) is 21.2 Å². The largest absolute Gasteiger partial charge is 0.480 e. The van der Waals surface area contributed by atoms with Crippen molar-refractivity contribution in [1.82, 2.24) is 5.32 Å². The highest BCUT2D eigenvalue weighted by atomic mass is 79.9. The van der Waals surface area contributed by atoms with E-state index in [1.165, 1.54) is 0 Å². The minimum Gasteiger partial charge on any atom is -0.480 e. The summed E-state index contributed by atoms with van der Waals surface area (Å²) in [6, 6.07) is 7.54. The summed E-state index contributed by atoms with van der Waals surface area (Å²) in [5.41, 5.74) is -0.257. The maximum Gasteiger partial charge on any atom is 0.319 e. The minimum atomic E-state index is -1.19. The normalized spacial score (nSPS) is 16.7. The van der Waals surface area contributed by atoms with Crippen LogP contribution in [0.1, 0.15) is 24.8 Å². The maximum atomic E-state index is 12.0. The molecule has 1 aliphatic carbocycles. The van der Waals surface area contributed by atoms with E-state index < -0.39 is 11.4 Å². The Morgan fingerprint density at radius 3 is 2.50 bits per heavy atom. The van der Waals surface area contributed by atoms with Gasteiger partial charge in [0.05, 0.1) is 0 Å². The number of carbonyl (C=O) groups excluding carboxylic acids is 1. The quantitative estimate of drug-likeness (QED) is 0.839. The van der Waals surface area contributed by atoms with Gasteiger partial charge >= 0.3 is 5.97 Å². The molecule has 0 spiro atoms. The zero-order valence-electron chi connectivity index (χ0n) is 9.78. The van der Waals surface area contributed by atoms with Gasteiger partial charge in [-0.3, -0.25) is 9.59 Å². The van der Waals surface area contributed by atoms with E-state index in [-0.39, 0.29) is 5.91 Å². The number of benzene rings is 1. The Labute approximate surface area is 114 Å². The second-order valence-electron chi connectivity index (χ2n) is 4.51. The van der Waals surface area contributed by atoms with Gasteiger partial charge < -0.3 is 10.4 Å². The smallest absolute Gasteiger partial charge is 0.319 e. The molecule has 5 heteroatoms. The summed E-state index contributed by atoms with van der Waals surface area (Å²) in [5, 5.41) is 11.8. The number of carbonyl (C=O) groups is 2. The number of aliphatic carboxylic acids is 1. The number of amides is 1. The third-order valence-electron chi connectivity index (χ3n) is 3.45. The summed E-state index contributed by atoms with van der Waals surface area (Å²) in [4.78, 5) is 23.1. The first-order valence-corrected chi connectivity index (χ1v) is 6.61. The van der Waals surface area contributed by atoms with Gasteiger partial charge in [-0.25, -0.2) is 0 Å². The summed E-state index contributed by atoms with van der Waals surface area (Å²) in [5.74, 6) is -1.39. The highest BCUT2D eigenvalue weighted by Gasteiger charge is 2.50. The number of halogens is 1. The molecule has 2 N–H and O–H groups in total. The van der Waals surface area contributed by atoms with E-state index in [9.17, 15) is 9.59 Å². The van der Waals surface area contributed by atoms with Gasteiger partial charge in [0.2, 0.25) is 5.91 Å². The van der Waals surface area contributed by atoms with Crippen LogP contribution in [0.15, 0.2) is 28.7 Å². The molecule has 0 unspecified atom stereocenters. The molecule has 1 saturated carbocycles. The Balaban J connectivity index is 2.01. The van der Waals surface area contributed by atoms with Crippen molar-refractivity contribution >= 4 is 27.8 Å². The average molecular weight is 312 g/mol. The van der Waals surface area contributed by atoms with Crippen LogP contribution in [0.4, 0.5) is 0 Å². The first-order valence-electron chi connectivity index (χ1n) is 5.81. The lowest BCUT2D eigenvalue weighted by molar-refractivity contribution is -0.162. The Kier molecular flexibility index (Phi) is 3.71. The first-order chi connectivity index (χ1) is 8.56. The molecule has 0 atom stereocenters. The lowest BCUT2D eigenvalue weighted by Crippen LogP contribution is -2.50. The van der Waals surface area contributed by atoms with Crippen molar-refractivity contribution in [1.29, 1.82) is 0 Å². The van der Waals surface area contributed by atoms with Crippen LogP contribution in [0, 0.1) is 5.41 Å². The molecule has 0 aliphatic heterocycles. The van der Waals surface area contributed by atoms with Crippen molar-refractivity contribution in [3.8, 4) is 0 Å². The van der Waals surface area contributed by atoms with Gasteiger partial charge in [0.15, 0.2) is 0 Å². The Morgan fingerprint density at radius 2 is 2.00 bits per heavy atom. The molecule has 1 aromatic rings. The number of hydrogen-bond donors (Lipinski definition) is 2. The monoisotopic (exact) mass is 311 g/mol. The second kappa shape index (κ2) is 5.10. The molecular weight excluding hydrogens is 298 g/mol. The molecule has 96 valence electrons. The molecule has 0 bridgehead atoms. The lowest BCUT2D eigenvalue weighted by Gasteiger charge is -2.35. The zero-order valence-corrected chi connectivity index (χ0v) is 11.4. The predicted octanol–water partition coefficient (Wildman–Crippen LogP) is 2.32. The van der Waals surface area contributed by atoms with Gasteiger partial charge in [0.1, 0.15) is 5.41 Å². The molecule has 18 heavy (non-hydrogen) atoms. The van der Waals surface area contributed by atoms with Gasteiger partial charge in [-0.2, -0.15) is 0 Å². The highest BCUT2D eigenvalue weighted by Crippen LogP contribution is 2.41. The third-order valence-corrected chi connectivity index (χ3v) is 4.22. The van der Waals surface area contributed by atoms with Crippen LogP contribution >= 0.6 is 15.9 Å². The summed E-state index contributed by atoms with van der Waals surface area (Å²) < 4.78 is 0.906. The highest BCUT2D eigenvalue weighted by molar-refractivity contribution is 9.10. The lowest BCUT2D eigenvalue weighted by atomic mass is 9.68. The number of carboxylic acid groups (broad SMARTS) is 1. The summed E-state index contributed by atoms with van der Waals surface area (Å²) in [6.07, 6.45) is 1.67. The summed E-state index contributed by atoms with van der Waals surface area (Å²) >= 11 is 3.39. The standard InChI is InChI=1S/C13H14BrNO3/c14-10-5-2-1-4-9(10)8-15-11(16)13(12(17)18)6-3-7-13/h1-2,4-5H,3,6-8H2,(H,15,16)(H,17,18). The number of rotatable bonds is 4. The molecule has 0 aromatic heterocycles. The van der Waals surface area contributed by atoms with Gasteiger partial charge in [0.25, 0.3) is 0 Å². The molecular formula is C13H14BrNO3. The van der Waals surface area contributed by atoms with Gasteiger partial charge in [-0.05, 0) is 24.5 Å². The van der Waals surface area contributed by atoms with Gasteiger partial charge in [-0.1, -0.05) is 40.5 Å². The van der Waals surface area contributed by atoms with Crippen LogP contribution < -0.4 is 5.32 Å². The average Bonchev–Trinajstić information content (AvgIpc) is 2.26. The van der Waals surface area contributed by atoms with Crippen molar-refractivity contribution in [3.05, 3.63) is 34.3 Å². The topological polar surface area (TPSA) is 66.4 Å². The molecule has 4 nitrogen and oxygen atoms in total. The van der Waals surface area contributed by atoms with Crippen LogP contribution in [-0.2, 0) is 16.1 Å². The fourth-order valence-electron chi connectivity index (χ4n) is 2.05. The van der Waals surface area contributed by atoms with Crippen molar-refractivity contribution < 1.29 is 14.7 Å². The van der Waals surface area contributed by atoms with E-state index in [1.54, 1.807) is 0 Å². The molecule has 1 aliphatic rings. The SMILES string of the molecule is O=C(O)C1(C(=O)NCc2ccccc2Br)CCC1. The zero-order chi connectivity index (χ0) is 13.2. The Hall–Kier alpha value is -1.36. The van der Waals surface area contributed by atoms with Crippen LogP contribution in [0.25, 0.3) is 0 Å². The fourth-order valence-corrected chi connectivity index (χ4v) is 2.48. The second-order valence-corrected chi connectivity index (χ2v) is 5.37. The fraction of sp³-hybridized carbons (Fsp3) is 0.385. The van der Waals surface area contributed by atoms with Crippen LogP contribution in [0.3, 0.4) is 0 Å². The minimum absolute atomic E-state index is 0.343. The molecule has 1 amide bonds. The van der Waals surface area contributed by atoms with Crippen molar-refractivity contribution in [2.24, 2.45) is 5.41 Å². The van der Waals surface area contributed by atoms with Crippen LogP contribution in [-0.4, -0.2) is 17.0 Å². The number of hydrogen-bond acceptors (Lipinski definition) is 2. The van der Waals surface area contributed by atoms with E-state index in [0.717, 1.165) is 16.5 Å². The van der Waals surface area contributed by atoms with Gasteiger partial charge in [-0.15, -0.1) is 0 Å². The van der Waals surface area contributed by atoms with E-state index >= 15 is 0 Å². The maximum absolute atomic E-state index is 12.0. The van der Waals surface area contributed by atoms with Crippen LogP contribution in [0.2, 0.25) is 0 Å². The van der Waals surface area contributed by atoms with E-state index in [4.69, 9.17) is 5.11 Å². The van der Waals surface area contributed by atoms with Crippen LogP contribution in [0.5, 0.6) is 0 Å².